The predicted octanol–water partition coefficient (Wildman–Crippen LogP) is 6.00. The molecule has 0 aliphatic rings. The Morgan fingerprint density at radius 1 is 0.769 bits per heavy atom. The van der Waals surface area contributed by atoms with Crippen molar-refractivity contribution in [1.29, 1.82) is 0 Å². The third-order valence-corrected chi connectivity index (χ3v) is 3.99. The molecule has 0 saturated heterocycles. The molecule has 0 spiro atoms. The van der Waals surface area contributed by atoms with E-state index in [-0.39, 0.29) is 5.41 Å². The summed E-state index contributed by atoms with van der Waals surface area (Å²) in [6, 6.07) is 24.1. The van der Waals surface area contributed by atoms with Crippen LogP contribution in [-0.4, -0.2) is 5.97 Å². The molecule has 132 valence electrons. The predicted molar refractivity (Wildman–Crippen MR) is 103 cm³/mol. The first kappa shape index (κ1) is 17.7. The van der Waals surface area contributed by atoms with E-state index >= 15 is 0 Å². The van der Waals surface area contributed by atoms with Crippen LogP contribution in [0.1, 0.15) is 36.7 Å². The number of esters is 1. The average molecular weight is 346 g/mol. The Kier molecular flexibility index (Phi) is 5.08. The zero-order valence-corrected chi connectivity index (χ0v) is 15.2. The molecule has 3 heteroatoms. The first-order chi connectivity index (χ1) is 12.4. The van der Waals surface area contributed by atoms with Crippen LogP contribution in [0.2, 0.25) is 0 Å². The van der Waals surface area contributed by atoms with Gasteiger partial charge in [0, 0.05) is 0 Å². The topological polar surface area (TPSA) is 35.5 Å². The van der Waals surface area contributed by atoms with Gasteiger partial charge < -0.3 is 9.47 Å². The molecule has 0 heterocycles. The molecule has 26 heavy (non-hydrogen) atoms. The minimum absolute atomic E-state index is 0.0589. The molecule has 0 amide bonds. The Labute approximate surface area is 154 Å². The summed E-state index contributed by atoms with van der Waals surface area (Å²) in [6.45, 7) is 6.36. The van der Waals surface area contributed by atoms with Crippen LogP contribution in [0.25, 0.3) is 0 Å². The monoisotopic (exact) mass is 346 g/mol. The summed E-state index contributed by atoms with van der Waals surface area (Å²) in [5.41, 5.74) is 1.42. The van der Waals surface area contributed by atoms with E-state index < -0.39 is 5.97 Å². The minimum atomic E-state index is -0.442. The van der Waals surface area contributed by atoms with Crippen molar-refractivity contribution in [1.82, 2.24) is 0 Å². The Hall–Kier alpha value is -3.07. The Morgan fingerprint density at radius 3 is 1.92 bits per heavy atom. The van der Waals surface area contributed by atoms with Gasteiger partial charge in [0.25, 0.3) is 0 Å². The fourth-order valence-corrected chi connectivity index (χ4v) is 2.51. The SMILES string of the molecule is CC(C)(C)c1ccc(C(=O)Oc2ccccc2)c(Oc2ccccc2)c1. The van der Waals surface area contributed by atoms with E-state index in [1.807, 2.05) is 60.7 Å². The zero-order chi connectivity index (χ0) is 18.6. The quantitative estimate of drug-likeness (QED) is 0.429. The maximum atomic E-state index is 12.7. The maximum absolute atomic E-state index is 12.7. The number of hydrogen-bond acceptors (Lipinski definition) is 3. The number of benzene rings is 3. The highest BCUT2D eigenvalue weighted by molar-refractivity contribution is 5.94. The Bertz CT molecular complexity index is 878. The highest BCUT2D eigenvalue weighted by Crippen LogP contribution is 2.32. The third kappa shape index (κ3) is 4.31. The van der Waals surface area contributed by atoms with Crippen molar-refractivity contribution in [2.75, 3.05) is 0 Å². The largest absolute Gasteiger partial charge is 0.456 e. The molecule has 3 nitrogen and oxygen atoms in total. The summed E-state index contributed by atoms with van der Waals surface area (Å²) >= 11 is 0. The lowest BCUT2D eigenvalue weighted by Gasteiger charge is -2.21. The molecular formula is C23H22O3. The van der Waals surface area contributed by atoms with Crippen LogP contribution in [0.5, 0.6) is 17.2 Å². The Balaban J connectivity index is 1.96. The van der Waals surface area contributed by atoms with E-state index in [2.05, 4.69) is 20.8 Å². The van der Waals surface area contributed by atoms with Gasteiger partial charge in [0.05, 0.1) is 0 Å². The smallest absolute Gasteiger partial charge is 0.347 e. The number of rotatable bonds is 4. The third-order valence-electron chi connectivity index (χ3n) is 3.99. The molecule has 0 unspecified atom stereocenters. The second-order valence-electron chi connectivity index (χ2n) is 7.08. The van der Waals surface area contributed by atoms with Gasteiger partial charge in [-0.1, -0.05) is 63.2 Å². The van der Waals surface area contributed by atoms with Gasteiger partial charge in [-0.15, -0.1) is 0 Å². The molecule has 0 N–H and O–H groups in total. The van der Waals surface area contributed by atoms with E-state index in [0.717, 1.165) is 5.56 Å². The van der Waals surface area contributed by atoms with E-state index in [1.165, 1.54) is 0 Å². The summed E-state index contributed by atoms with van der Waals surface area (Å²) in [4.78, 5) is 12.7. The van der Waals surface area contributed by atoms with Gasteiger partial charge >= 0.3 is 5.97 Å². The van der Waals surface area contributed by atoms with Crippen molar-refractivity contribution in [2.24, 2.45) is 0 Å². The number of para-hydroxylation sites is 2. The van der Waals surface area contributed by atoms with Gasteiger partial charge in [-0.25, -0.2) is 4.79 Å². The standard InChI is InChI=1S/C23H22O3/c1-23(2,3)17-14-15-20(22(24)26-19-12-8-5-9-13-19)21(16-17)25-18-10-6-4-7-11-18/h4-16H,1-3H3. The van der Waals surface area contributed by atoms with Crippen LogP contribution in [0, 0.1) is 0 Å². The second kappa shape index (κ2) is 7.44. The highest BCUT2D eigenvalue weighted by atomic mass is 16.5. The molecular weight excluding hydrogens is 324 g/mol. The number of hydrogen-bond donors (Lipinski definition) is 0. The summed E-state index contributed by atoms with van der Waals surface area (Å²) in [7, 11) is 0. The molecule has 3 aromatic carbocycles. The van der Waals surface area contributed by atoms with Crippen molar-refractivity contribution in [3.63, 3.8) is 0 Å². The van der Waals surface area contributed by atoms with Crippen LogP contribution >= 0.6 is 0 Å². The average Bonchev–Trinajstić information content (AvgIpc) is 2.62. The molecule has 0 aliphatic carbocycles. The summed E-state index contributed by atoms with van der Waals surface area (Å²) in [5.74, 6) is 1.22. The molecule has 0 fully saturated rings. The Morgan fingerprint density at radius 2 is 1.35 bits per heavy atom. The van der Waals surface area contributed by atoms with Crippen molar-refractivity contribution in [3.8, 4) is 17.2 Å². The normalized spacial score (nSPS) is 11.0. The molecule has 3 aromatic rings. The molecule has 0 bridgehead atoms. The van der Waals surface area contributed by atoms with E-state index in [0.29, 0.717) is 22.8 Å². The summed E-state index contributed by atoms with van der Waals surface area (Å²) < 4.78 is 11.5. The number of carbonyl (C=O) groups is 1. The highest BCUT2D eigenvalue weighted by Gasteiger charge is 2.21. The molecule has 0 radical (unpaired) electrons. The fraction of sp³-hybridized carbons (Fsp3) is 0.174. The molecule has 0 atom stereocenters. The van der Waals surface area contributed by atoms with Crippen molar-refractivity contribution in [3.05, 3.63) is 90.0 Å². The molecule has 0 aromatic heterocycles. The van der Waals surface area contributed by atoms with Gasteiger partial charge in [-0.3, -0.25) is 0 Å². The summed E-state index contributed by atoms with van der Waals surface area (Å²) in [6.07, 6.45) is 0. The lowest BCUT2D eigenvalue weighted by molar-refractivity contribution is 0.0732. The summed E-state index contributed by atoms with van der Waals surface area (Å²) in [5, 5.41) is 0. The van der Waals surface area contributed by atoms with Crippen LogP contribution in [-0.2, 0) is 5.41 Å². The van der Waals surface area contributed by atoms with Gasteiger partial charge in [0.15, 0.2) is 0 Å². The number of carbonyl (C=O) groups excluding carboxylic acids is 1. The lowest BCUT2D eigenvalue weighted by Crippen LogP contribution is -2.14. The van der Waals surface area contributed by atoms with Crippen LogP contribution < -0.4 is 9.47 Å². The van der Waals surface area contributed by atoms with E-state index in [4.69, 9.17) is 9.47 Å². The maximum Gasteiger partial charge on any atom is 0.347 e. The zero-order valence-electron chi connectivity index (χ0n) is 15.2. The first-order valence-corrected chi connectivity index (χ1v) is 8.58. The second-order valence-corrected chi connectivity index (χ2v) is 7.08. The minimum Gasteiger partial charge on any atom is -0.456 e. The van der Waals surface area contributed by atoms with Crippen LogP contribution in [0.15, 0.2) is 78.9 Å². The lowest BCUT2D eigenvalue weighted by atomic mass is 9.86. The first-order valence-electron chi connectivity index (χ1n) is 8.58. The molecule has 3 rings (SSSR count). The van der Waals surface area contributed by atoms with Gasteiger partial charge in [0.1, 0.15) is 22.8 Å². The van der Waals surface area contributed by atoms with Crippen LogP contribution in [0.3, 0.4) is 0 Å². The van der Waals surface area contributed by atoms with Crippen molar-refractivity contribution >= 4 is 5.97 Å². The van der Waals surface area contributed by atoms with Gasteiger partial charge in [0.2, 0.25) is 0 Å². The van der Waals surface area contributed by atoms with Crippen molar-refractivity contribution in [2.45, 2.75) is 26.2 Å². The fourth-order valence-electron chi connectivity index (χ4n) is 2.51. The van der Waals surface area contributed by atoms with Crippen molar-refractivity contribution < 1.29 is 14.3 Å². The van der Waals surface area contributed by atoms with Gasteiger partial charge in [-0.05, 0) is 47.4 Å². The van der Waals surface area contributed by atoms with Gasteiger partial charge in [-0.2, -0.15) is 0 Å². The number of ether oxygens (including phenoxy) is 2. The van der Waals surface area contributed by atoms with Crippen LogP contribution in [0.4, 0.5) is 0 Å². The molecule has 0 aliphatic heterocycles. The van der Waals surface area contributed by atoms with E-state index in [1.54, 1.807) is 18.2 Å². The van der Waals surface area contributed by atoms with E-state index in [9.17, 15) is 4.79 Å². The molecule has 0 saturated carbocycles.